The van der Waals surface area contributed by atoms with Crippen LogP contribution in [0, 0.1) is 0 Å². The van der Waals surface area contributed by atoms with E-state index in [1.165, 1.54) is 11.3 Å². The topological polar surface area (TPSA) is 81.4 Å². The largest absolute Gasteiger partial charge is 0.462 e. The van der Waals surface area contributed by atoms with Crippen molar-refractivity contribution in [2.24, 2.45) is 5.73 Å². The smallest absolute Gasteiger partial charge is 0.341 e. The predicted molar refractivity (Wildman–Crippen MR) is 88.0 cm³/mol. The average molecular weight is 318 g/mol. The molecule has 3 N–H and O–H groups in total. The van der Waals surface area contributed by atoms with Gasteiger partial charge in [0.15, 0.2) is 0 Å². The van der Waals surface area contributed by atoms with Crippen molar-refractivity contribution in [1.29, 1.82) is 0 Å². The first-order valence-corrected chi connectivity index (χ1v) is 7.89. The second kappa shape index (κ2) is 7.72. The number of nitrogens with one attached hydrogen (secondary N) is 1. The first-order chi connectivity index (χ1) is 10.7. The molecule has 2 aromatic rings. The van der Waals surface area contributed by atoms with Crippen LogP contribution in [-0.4, -0.2) is 25.0 Å². The van der Waals surface area contributed by atoms with E-state index in [0.717, 1.165) is 11.1 Å². The van der Waals surface area contributed by atoms with Gasteiger partial charge in [0, 0.05) is 23.9 Å². The minimum atomic E-state index is -0.439. The van der Waals surface area contributed by atoms with E-state index in [9.17, 15) is 9.59 Å². The van der Waals surface area contributed by atoms with Crippen molar-refractivity contribution in [2.45, 2.75) is 13.3 Å². The molecule has 0 aliphatic rings. The van der Waals surface area contributed by atoms with E-state index in [-0.39, 0.29) is 25.5 Å². The average Bonchev–Trinajstić information content (AvgIpc) is 2.92. The highest BCUT2D eigenvalue weighted by Gasteiger charge is 2.22. The maximum absolute atomic E-state index is 12.3. The lowest BCUT2D eigenvalue weighted by Crippen LogP contribution is -2.17. The van der Waals surface area contributed by atoms with Crippen molar-refractivity contribution in [2.75, 3.05) is 18.5 Å². The van der Waals surface area contributed by atoms with Crippen molar-refractivity contribution >= 4 is 28.2 Å². The zero-order valence-corrected chi connectivity index (χ0v) is 13.1. The van der Waals surface area contributed by atoms with Gasteiger partial charge < -0.3 is 15.8 Å². The van der Waals surface area contributed by atoms with Crippen molar-refractivity contribution in [3.63, 3.8) is 0 Å². The summed E-state index contributed by atoms with van der Waals surface area (Å²) in [5, 5.41) is 5.08. The third-order valence-electron chi connectivity index (χ3n) is 2.98. The fourth-order valence-electron chi connectivity index (χ4n) is 2.01. The first-order valence-electron chi connectivity index (χ1n) is 7.01. The molecule has 1 aromatic carbocycles. The number of hydrogen-bond acceptors (Lipinski definition) is 5. The fraction of sp³-hybridized carbons (Fsp3) is 0.250. The number of benzene rings is 1. The van der Waals surface area contributed by atoms with Crippen molar-refractivity contribution in [3.8, 4) is 11.1 Å². The molecule has 1 heterocycles. The predicted octanol–water partition coefficient (Wildman–Crippen LogP) is 2.88. The molecule has 0 saturated heterocycles. The summed E-state index contributed by atoms with van der Waals surface area (Å²) in [5.74, 6) is -0.653. The number of nitrogens with two attached hydrogens (primary N) is 1. The van der Waals surface area contributed by atoms with Crippen LogP contribution in [-0.2, 0) is 9.53 Å². The molecule has 6 heteroatoms. The molecule has 22 heavy (non-hydrogen) atoms. The monoisotopic (exact) mass is 318 g/mol. The van der Waals surface area contributed by atoms with Gasteiger partial charge in [-0.2, -0.15) is 0 Å². The molecule has 0 aliphatic carbocycles. The minimum Gasteiger partial charge on any atom is -0.462 e. The van der Waals surface area contributed by atoms with Crippen LogP contribution in [0.25, 0.3) is 11.1 Å². The van der Waals surface area contributed by atoms with Gasteiger partial charge in [-0.1, -0.05) is 30.3 Å². The SMILES string of the molecule is CCOC(=O)c1c(-c2ccccc2)csc1NC(=O)CCN. The van der Waals surface area contributed by atoms with Crippen LogP contribution in [0.4, 0.5) is 5.00 Å². The Balaban J connectivity index is 2.40. The normalized spacial score (nSPS) is 10.3. The maximum Gasteiger partial charge on any atom is 0.341 e. The summed E-state index contributed by atoms with van der Waals surface area (Å²) >= 11 is 1.31. The molecule has 1 amide bonds. The quantitative estimate of drug-likeness (QED) is 0.802. The Morgan fingerprint density at radius 2 is 2.00 bits per heavy atom. The van der Waals surface area contributed by atoms with Crippen LogP contribution in [0.2, 0.25) is 0 Å². The molecule has 116 valence electrons. The summed E-state index contributed by atoms with van der Waals surface area (Å²) in [6, 6.07) is 9.53. The molecule has 5 nitrogen and oxygen atoms in total. The Bertz CT molecular complexity index is 653. The van der Waals surface area contributed by atoms with Crippen molar-refractivity contribution in [1.82, 2.24) is 0 Å². The van der Waals surface area contributed by atoms with E-state index in [2.05, 4.69) is 5.32 Å². The van der Waals surface area contributed by atoms with Crippen molar-refractivity contribution in [3.05, 3.63) is 41.3 Å². The number of anilines is 1. The number of thiophene rings is 1. The molecule has 0 fully saturated rings. The number of hydrogen-bond donors (Lipinski definition) is 2. The summed E-state index contributed by atoms with van der Waals surface area (Å²) in [6.07, 6.45) is 0.209. The Morgan fingerprint density at radius 3 is 2.64 bits per heavy atom. The number of esters is 1. The lowest BCUT2D eigenvalue weighted by molar-refractivity contribution is -0.116. The van der Waals surface area contributed by atoms with Crippen LogP contribution in [0.15, 0.2) is 35.7 Å². The summed E-state index contributed by atoms with van der Waals surface area (Å²) in [6.45, 7) is 2.29. The zero-order valence-electron chi connectivity index (χ0n) is 12.3. The van der Waals surface area contributed by atoms with Gasteiger partial charge in [-0.15, -0.1) is 11.3 Å². The molecule has 1 aromatic heterocycles. The number of rotatable bonds is 6. The lowest BCUT2D eigenvalue weighted by atomic mass is 10.0. The van der Waals surface area contributed by atoms with Gasteiger partial charge in [0.25, 0.3) is 0 Å². The van der Waals surface area contributed by atoms with Crippen LogP contribution >= 0.6 is 11.3 Å². The van der Waals surface area contributed by atoms with E-state index in [1.807, 2.05) is 35.7 Å². The molecule has 0 atom stereocenters. The van der Waals surface area contributed by atoms with Crippen molar-refractivity contribution < 1.29 is 14.3 Å². The Hall–Kier alpha value is -2.18. The number of carbonyl (C=O) groups is 2. The highest BCUT2D eigenvalue weighted by Crippen LogP contribution is 2.36. The first kappa shape index (κ1) is 16.2. The molecule has 0 unspecified atom stereocenters. The lowest BCUT2D eigenvalue weighted by Gasteiger charge is -2.08. The number of amides is 1. The third-order valence-corrected chi connectivity index (χ3v) is 3.88. The molecule has 0 aliphatic heterocycles. The summed E-state index contributed by atoms with van der Waals surface area (Å²) < 4.78 is 5.12. The van der Waals surface area contributed by atoms with Gasteiger partial charge in [0.2, 0.25) is 5.91 Å². The van der Waals surface area contributed by atoms with Gasteiger partial charge in [-0.3, -0.25) is 4.79 Å². The summed E-state index contributed by atoms with van der Waals surface area (Å²) in [4.78, 5) is 24.0. The van der Waals surface area contributed by atoms with Gasteiger partial charge in [0.05, 0.1) is 6.61 Å². The number of carbonyl (C=O) groups excluding carboxylic acids is 2. The van der Waals surface area contributed by atoms with Crippen LogP contribution in [0.5, 0.6) is 0 Å². The molecular formula is C16H18N2O3S. The molecule has 0 spiro atoms. The molecular weight excluding hydrogens is 300 g/mol. The third kappa shape index (κ3) is 3.72. The van der Waals surface area contributed by atoms with Gasteiger partial charge in [-0.25, -0.2) is 4.79 Å². The van der Waals surface area contributed by atoms with Crippen LogP contribution in [0.3, 0.4) is 0 Å². The van der Waals surface area contributed by atoms with E-state index in [1.54, 1.807) is 6.92 Å². The van der Waals surface area contributed by atoms with Crippen LogP contribution in [0.1, 0.15) is 23.7 Å². The summed E-state index contributed by atoms with van der Waals surface area (Å²) in [5.41, 5.74) is 7.43. The van der Waals surface area contributed by atoms with Crippen LogP contribution < -0.4 is 11.1 Å². The highest BCUT2D eigenvalue weighted by atomic mass is 32.1. The molecule has 0 saturated carbocycles. The van der Waals surface area contributed by atoms with E-state index in [0.29, 0.717) is 10.6 Å². The molecule has 0 radical (unpaired) electrons. The zero-order chi connectivity index (χ0) is 15.9. The van der Waals surface area contributed by atoms with Gasteiger partial charge >= 0.3 is 5.97 Å². The van der Waals surface area contributed by atoms with E-state index >= 15 is 0 Å². The van der Waals surface area contributed by atoms with Gasteiger partial charge in [0.1, 0.15) is 10.6 Å². The fourth-order valence-corrected chi connectivity index (χ4v) is 2.98. The molecule has 2 rings (SSSR count). The van der Waals surface area contributed by atoms with Gasteiger partial charge in [-0.05, 0) is 12.5 Å². The Labute approximate surface area is 133 Å². The second-order valence-corrected chi connectivity index (χ2v) is 5.41. The van der Waals surface area contributed by atoms with E-state index in [4.69, 9.17) is 10.5 Å². The minimum absolute atomic E-state index is 0.209. The highest BCUT2D eigenvalue weighted by molar-refractivity contribution is 7.15. The standard InChI is InChI=1S/C16H18N2O3S/c1-2-21-16(20)14-12(11-6-4-3-5-7-11)10-22-15(14)18-13(19)8-9-17/h3-7,10H,2,8-9,17H2,1H3,(H,18,19). The second-order valence-electron chi connectivity index (χ2n) is 4.53. The molecule has 0 bridgehead atoms. The Kier molecular flexibility index (Phi) is 5.68. The number of ether oxygens (including phenoxy) is 1. The Morgan fingerprint density at radius 1 is 1.27 bits per heavy atom. The van der Waals surface area contributed by atoms with E-state index < -0.39 is 5.97 Å². The maximum atomic E-state index is 12.3. The summed E-state index contributed by atoms with van der Waals surface area (Å²) in [7, 11) is 0.